The van der Waals surface area contributed by atoms with Gasteiger partial charge in [-0.2, -0.15) is 0 Å². The molecule has 0 saturated carbocycles. The fraction of sp³-hybridized carbons (Fsp3) is 0.343. The lowest BCUT2D eigenvalue weighted by atomic mass is 9.84. The van der Waals surface area contributed by atoms with Crippen molar-refractivity contribution in [2.24, 2.45) is 0 Å². The van der Waals surface area contributed by atoms with Gasteiger partial charge < -0.3 is 24.5 Å². The van der Waals surface area contributed by atoms with Crippen LogP contribution in [0.5, 0.6) is 0 Å². The minimum Gasteiger partial charge on any atom is -0.310 e. The standard InChI is InChI=1S/C66H75ClIN3S.C39H49N.C29H31Cl2NS/c1-42-35-48(66(15,16)17)36-43(2)61(42)70(51-30-23-45(24-31-51)63(6,7)8)54-20-18-19-53(40-54)69(50-28-21-44(22-29-50)62(3,4)5)56-38-49(68)39-57(60(56)67)71(52-32-25-46(26-33-52)64(9,10)11)58-41-72-59-34-27-47(37-55(58)59)65(12,13)14;1-27-23-33(39(9,10)11)24-28(2)36(27)40(34-21-19-32(20-22-34)38(6,7)8)35-14-12-13-30(26-35)25-29-15-17-31(18-16-29)37(3,4)5;1-18-14-23(30)27(31)24(15-18)32(21-11-8-19(9-12-21)28(2,3)4)25-17-33-26-13-10-20(16-22(25)26)29(5,6)7/h18-41H,1-17H3;12-24,26H,25H2,1-11H3;8-17H,1-7H3. The van der Waals surface area contributed by atoms with E-state index < -0.39 is 0 Å². The van der Waals surface area contributed by atoms with Crippen molar-refractivity contribution in [3.8, 4) is 0 Å². The summed E-state index contributed by atoms with van der Waals surface area (Å²) in [5.41, 5.74) is 38.6. The second-order valence-corrected chi connectivity index (χ2v) is 54.6. The van der Waals surface area contributed by atoms with Gasteiger partial charge in [-0.05, 0) is 352 Å². The van der Waals surface area contributed by atoms with E-state index in [0.717, 1.165) is 78.1 Å². The maximum absolute atomic E-state index is 8.14. The number of hydrogen-bond acceptors (Lipinski definition) is 7. The summed E-state index contributed by atoms with van der Waals surface area (Å²) in [4.78, 5) is 11.9. The lowest BCUT2D eigenvalue weighted by Crippen LogP contribution is -2.18. The van der Waals surface area contributed by atoms with Gasteiger partial charge in [-0.25, -0.2) is 0 Å². The Morgan fingerprint density at radius 1 is 0.228 bits per heavy atom. The van der Waals surface area contributed by atoms with E-state index in [1.807, 2.05) is 6.07 Å². The van der Waals surface area contributed by atoms with Gasteiger partial charge in [0.25, 0.3) is 0 Å². The van der Waals surface area contributed by atoms with Gasteiger partial charge >= 0.3 is 0 Å². The molecule has 5 nitrogen and oxygen atoms in total. The number of aryl methyl sites for hydroxylation is 5. The summed E-state index contributed by atoms with van der Waals surface area (Å²) in [6.45, 7) is 79.3. The number of fused-ring (bicyclic) bond motifs is 2. The molecule has 0 amide bonds. The third-order valence-electron chi connectivity index (χ3n) is 28.1. The largest absolute Gasteiger partial charge is 0.310 e. The summed E-state index contributed by atoms with van der Waals surface area (Å²) in [7, 11) is 0. The minimum absolute atomic E-state index is 0.00327. The van der Waals surface area contributed by atoms with Gasteiger partial charge in [0, 0.05) is 80.0 Å². The molecule has 0 radical (unpaired) electrons. The van der Waals surface area contributed by atoms with Crippen LogP contribution in [0, 0.1) is 38.2 Å². The maximum Gasteiger partial charge on any atom is 0.0887 e. The molecule has 0 spiro atoms. The molecule has 0 bridgehead atoms. The average Bonchev–Trinajstić information content (AvgIpc) is 1.61. The Morgan fingerprint density at radius 3 is 0.821 bits per heavy atom. The van der Waals surface area contributed by atoms with E-state index in [1.54, 1.807) is 22.7 Å². The van der Waals surface area contributed by atoms with Gasteiger partial charge in [-0.3, -0.25) is 0 Å². The number of thiophene rings is 2. The van der Waals surface area contributed by atoms with E-state index in [2.05, 4.69) is 573 Å². The summed E-state index contributed by atoms with van der Waals surface area (Å²) < 4.78 is 3.57. The number of halogens is 4. The van der Waals surface area contributed by atoms with Crippen molar-refractivity contribution in [3.05, 3.63) is 403 Å². The van der Waals surface area contributed by atoms with E-state index in [9.17, 15) is 0 Å². The van der Waals surface area contributed by atoms with E-state index in [1.165, 1.54) is 132 Å². The lowest BCUT2D eigenvalue weighted by molar-refractivity contribution is 0.589. The van der Waals surface area contributed by atoms with Gasteiger partial charge in [0.05, 0.1) is 54.9 Å². The number of nitrogens with zero attached hydrogens (tertiary/aromatic N) is 5. The quantitative estimate of drug-likeness (QED) is 0.0842. The summed E-state index contributed by atoms with van der Waals surface area (Å²) in [6, 6.07) is 104. The highest BCUT2D eigenvalue weighted by molar-refractivity contribution is 14.1. The second-order valence-electron chi connectivity index (χ2n) is 50.4. The van der Waals surface area contributed by atoms with E-state index in [-0.39, 0.29) is 54.1 Å². The summed E-state index contributed by atoms with van der Waals surface area (Å²) >= 11 is 27.5. The van der Waals surface area contributed by atoms with Gasteiger partial charge in [0.1, 0.15) is 0 Å². The number of anilines is 15. The SMILES string of the molecule is Cc1cc(C(C)(C)C)cc(C)c1N(c1ccc(C(C)(C)C)cc1)c1cccc(Cc2ccc(C(C)(C)C)cc2)c1.Cc1cc(C(C)(C)C)cc(C)c1N(c1ccc(C(C)(C)C)cc1)c1cccc(N(c2ccc(C(C)(C)C)cc2)c2cc(I)cc(N(c3ccc(C(C)(C)C)cc3)c3csc4ccc(C(C)(C)C)cc34)c2Cl)c1.Cc1cc(Cl)c(Cl)c(N(c2ccc(C(C)(C)C)cc2)c2csc3ccc(C(C)(C)C)cc23)c1. The number of rotatable bonds is 17. The van der Waals surface area contributed by atoms with Gasteiger partial charge in [-0.15, -0.1) is 22.7 Å². The molecule has 0 atom stereocenters. The molecule has 0 aliphatic rings. The molecular weight excluding hydrogens is 1980 g/mol. The normalized spacial score (nSPS) is 12.5. The van der Waals surface area contributed by atoms with Crippen LogP contribution >= 0.6 is 80.1 Å². The molecule has 0 N–H and O–H groups in total. The van der Waals surface area contributed by atoms with Crippen molar-refractivity contribution >= 4 is 186 Å². The third kappa shape index (κ3) is 25.4. The number of hydrogen-bond donors (Lipinski definition) is 0. The molecule has 2 heterocycles. The predicted molar refractivity (Wildman–Crippen MR) is 651 cm³/mol. The molecule has 756 valence electrons. The topological polar surface area (TPSA) is 16.2 Å². The van der Waals surface area contributed by atoms with E-state index in [4.69, 9.17) is 34.8 Å². The first kappa shape index (κ1) is 110. The predicted octanol–water partition coefficient (Wildman–Crippen LogP) is 43.5. The van der Waals surface area contributed by atoms with Crippen LogP contribution in [0.15, 0.2) is 290 Å². The Bertz CT molecular complexity index is 7270. The molecule has 145 heavy (non-hydrogen) atoms. The third-order valence-corrected chi connectivity index (χ3v) is 31.8. The van der Waals surface area contributed by atoms with Crippen LogP contribution < -0.4 is 24.5 Å². The Morgan fingerprint density at radius 2 is 0.497 bits per heavy atom. The van der Waals surface area contributed by atoms with Gasteiger partial charge in [0.15, 0.2) is 0 Å². The van der Waals surface area contributed by atoms with Crippen LogP contribution in [0.3, 0.4) is 0 Å². The molecule has 14 aromatic carbocycles. The lowest BCUT2D eigenvalue weighted by Gasteiger charge is -2.34. The molecule has 0 aliphatic heterocycles. The van der Waals surface area contributed by atoms with Crippen LogP contribution in [-0.2, 0) is 60.6 Å². The Labute approximate surface area is 908 Å². The first-order valence-electron chi connectivity index (χ1n) is 51.4. The molecule has 11 heteroatoms. The Hall–Kier alpha value is -10.4. The first-order chi connectivity index (χ1) is 67.4. The first-order valence-corrected chi connectivity index (χ1v) is 55.4. The van der Waals surface area contributed by atoms with Crippen LogP contribution in [0.1, 0.15) is 302 Å². The molecule has 16 aromatic rings. The van der Waals surface area contributed by atoms with Crippen molar-refractivity contribution in [1.29, 1.82) is 0 Å². The van der Waals surface area contributed by atoms with Crippen molar-refractivity contribution in [2.75, 3.05) is 24.5 Å². The van der Waals surface area contributed by atoms with E-state index in [0.29, 0.717) is 15.1 Å². The zero-order chi connectivity index (χ0) is 106. The fourth-order valence-corrected chi connectivity index (χ4v) is 22.2. The van der Waals surface area contributed by atoms with Crippen LogP contribution in [0.4, 0.5) is 85.3 Å². The van der Waals surface area contributed by atoms with Crippen LogP contribution in [0.25, 0.3) is 20.2 Å². The zero-order valence-electron chi connectivity index (χ0n) is 93.0. The minimum atomic E-state index is -0.0180. The molecule has 0 saturated heterocycles. The molecule has 0 unspecified atom stereocenters. The van der Waals surface area contributed by atoms with Crippen molar-refractivity contribution < 1.29 is 0 Å². The monoisotopic (exact) mass is 2130 g/mol. The van der Waals surface area contributed by atoms with Crippen LogP contribution in [-0.4, -0.2) is 0 Å². The second kappa shape index (κ2) is 42.3. The molecule has 0 aliphatic carbocycles. The van der Waals surface area contributed by atoms with E-state index >= 15 is 0 Å². The Balaban J connectivity index is 0.000000191. The number of benzene rings is 14. The summed E-state index contributed by atoms with van der Waals surface area (Å²) in [5, 5.41) is 8.75. The summed E-state index contributed by atoms with van der Waals surface area (Å²) in [6.07, 6.45) is 0.913. The Kier molecular flexibility index (Phi) is 32.2. The molecule has 2 aromatic heterocycles. The van der Waals surface area contributed by atoms with Crippen molar-refractivity contribution in [2.45, 2.75) is 303 Å². The van der Waals surface area contributed by atoms with Crippen LogP contribution in [0.2, 0.25) is 15.1 Å². The zero-order valence-corrected chi connectivity index (χ0v) is 99.0. The highest BCUT2D eigenvalue weighted by Gasteiger charge is 2.33. The molecule has 0 fully saturated rings. The van der Waals surface area contributed by atoms with Gasteiger partial charge in [-0.1, -0.05) is 382 Å². The highest BCUT2D eigenvalue weighted by atomic mass is 127. The molecular formula is C134H155Cl3IN5S2. The summed E-state index contributed by atoms with van der Waals surface area (Å²) in [5.74, 6) is 0. The fourth-order valence-electron chi connectivity index (χ4n) is 19.1. The smallest absolute Gasteiger partial charge is 0.0887 e. The highest BCUT2D eigenvalue weighted by Crippen LogP contribution is 2.55. The maximum atomic E-state index is 8.14. The van der Waals surface area contributed by atoms with Crippen molar-refractivity contribution in [3.63, 3.8) is 0 Å². The molecule has 16 rings (SSSR count). The van der Waals surface area contributed by atoms with Gasteiger partial charge in [0.2, 0.25) is 0 Å². The van der Waals surface area contributed by atoms with Crippen molar-refractivity contribution in [1.82, 2.24) is 0 Å². The average molecular weight is 2130 g/mol.